The molecule has 0 bridgehead atoms. The first-order valence-corrected chi connectivity index (χ1v) is 11.1. The normalized spacial score (nSPS) is 15.7. The van der Waals surface area contributed by atoms with Crippen molar-refractivity contribution >= 4 is 17.3 Å². The third-order valence-electron chi connectivity index (χ3n) is 5.98. The summed E-state index contributed by atoms with van der Waals surface area (Å²) >= 11 is 0. The number of nitrogens with two attached hydrogens (primary N) is 2. The Balaban J connectivity index is 1.50. The van der Waals surface area contributed by atoms with Crippen LogP contribution in [0.3, 0.4) is 0 Å². The molecule has 178 valence electrons. The summed E-state index contributed by atoms with van der Waals surface area (Å²) in [5, 5.41) is 4.68. The molecule has 0 radical (unpaired) electrons. The second-order valence-corrected chi connectivity index (χ2v) is 8.32. The number of ether oxygens (including phenoxy) is 1. The van der Waals surface area contributed by atoms with Gasteiger partial charge in [-0.15, -0.1) is 0 Å². The number of anilines is 2. The number of benzene rings is 3. The Morgan fingerprint density at radius 1 is 0.943 bits per heavy atom. The van der Waals surface area contributed by atoms with Crippen LogP contribution in [0.1, 0.15) is 17.4 Å². The lowest BCUT2D eigenvalue weighted by molar-refractivity contribution is -0.128. The standard InChI is InChI=1S/C26H23F2N5O2/c27-18-4-2-17(3-5-18)25-21(14-33(31-25)20-8-6-19(28)7-9-20)26-32(24(34)15-35-26)12-11-16-1-10-22(29)23(30)13-16/h1-10,13-14,26H,11-12,15,29-30H2. The highest BCUT2D eigenvalue weighted by atomic mass is 19.1. The molecule has 3 aromatic carbocycles. The van der Waals surface area contributed by atoms with Crippen molar-refractivity contribution in [2.45, 2.75) is 12.6 Å². The van der Waals surface area contributed by atoms with Crippen molar-refractivity contribution in [1.29, 1.82) is 0 Å². The fourth-order valence-corrected chi connectivity index (χ4v) is 4.11. The van der Waals surface area contributed by atoms with E-state index in [1.807, 2.05) is 6.07 Å². The van der Waals surface area contributed by atoms with Crippen LogP contribution >= 0.6 is 0 Å². The van der Waals surface area contributed by atoms with E-state index in [1.165, 1.54) is 24.3 Å². The number of carbonyl (C=O) groups excluding carboxylic acids is 1. The molecule has 1 atom stereocenters. The Hall–Kier alpha value is -4.24. The van der Waals surface area contributed by atoms with Gasteiger partial charge in [0.25, 0.3) is 5.91 Å². The number of hydrogen-bond donors (Lipinski definition) is 2. The van der Waals surface area contributed by atoms with Gasteiger partial charge in [-0.05, 0) is 72.6 Å². The highest BCUT2D eigenvalue weighted by molar-refractivity contribution is 5.80. The Morgan fingerprint density at radius 2 is 1.63 bits per heavy atom. The van der Waals surface area contributed by atoms with Crippen molar-refractivity contribution in [3.63, 3.8) is 0 Å². The summed E-state index contributed by atoms with van der Waals surface area (Å²) in [6, 6.07) is 17.2. The smallest absolute Gasteiger partial charge is 0.250 e. The largest absolute Gasteiger partial charge is 0.397 e. The van der Waals surface area contributed by atoms with Crippen molar-refractivity contribution in [2.24, 2.45) is 0 Å². The van der Waals surface area contributed by atoms with E-state index in [2.05, 4.69) is 5.10 Å². The minimum Gasteiger partial charge on any atom is -0.397 e. The Morgan fingerprint density at radius 3 is 2.31 bits per heavy atom. The molecule has 9 heteroatoms. The summed E-state index contributed by atoms with van der Waals surface area (Å²) in [4.78, 5) is 14.4. The number of rotatable bonds is 6. The molecule has 0 spiro atoms. The van der Waals surface area contributed by atoms with Gasteiger partial charge in [-0.25, -0.2) is 13.5 Å². The summed E-state index contributed by atoms with van der Waals surface area (Å²) in [7, 11) is 0. The summed E-state index contributed by atoms with van der Waals surface area (Å²) in [5.41, 5.74) is 16.1. The molecule has 1 fully saturated rings. The number of amides is 1. The molecular weight excluding hydrogens is 452 g/mol. The van der Waals surface area contributed by atoms with Crippen LogP contribution in [0, 0.1) is 11.6 Å². The number of aromatic nitrogens is 2. The van der Waals surface area contributed by atoms with Gasteiger partial charge in [0.1, 0.15) is 23.9 Å². The maximum absolute atomic E-state index is 13.6. The van der Waals surface area contributed by atoms with Crippen LogP contribution < -0.4 is 11.5 Å². The van der Waals surface area contributed by atoms with Gasteiger partial charge >= 0.3 is 0 Å². The topological polar surface area (TPSA) is 99.4 Å². The second-order valence-electron chi connectivity index (χ2n) is 8.32. The van der Waals surface area contributed by atoms with Crippen LogP contribution in [0.5, 0.6) is 0 Å². The molecule has 1 aliphatic heterocycles. The van der Waals surface area contributed by atoms with E-state index in [1.54, 1.807) is 52.2 Å². The molecule has 1 aliphatic rings. The van der Waals surface area contributed by atoms with Crippen LogP contribution in [-0.2, 0) is 16.0 Å². The van der Waals surface area contributed by atoms with Gasteiger partial charge in [0.15, 0.2) is 6.23 Å². The monoisotopic (exact) mass is 475 g/mol. The van der Waals surface area contributed by atoms with Crippen molar-refractivity contribution in [1.82, 2.24) is 14.7 Å². The highest BCUT2D eigenvalue weighted by Gasteiger charge is 2.36. The quantitative estimate of drug-likeness (QED) is 0.410. The van der Waals surface area contributed by atoms with Gasteiger partial charge in [0, 0.05) is 23.9 Å². The molecule has 0 aliphatic carbocycles. The van der Waals surface area contributed by atoms with Crippen molar-refractivity contribution < 1.29 is 18.3 Å². The molecule has 5 rings (SSSR count). The highest BCUT2D eigenvalue weighted by Crippen LogP contribution is 2.35. The van der Waals surface area contributed by atoms with Gasteiger partial charge in [0.2, 0.25) is 0 Å². The zero-order valence-electron chi connectivity index (χ0n) is 18.7. The Labute approximate surface area is 200 Å². The average Bonchev–Trinajstić information content (AvgIpc) is 3.44. The zero-order chi connectivity index (χ0) is 24.5. The molecular formula is C26H23F2N5O2. The first kappa shape index (κ1) is 22.5. The number of carbonyl (C=O) groups is 1. The minimum atomic E-state index is -0.692. The van der Waals surface area contributed by atoms with Crippen LogP contribution in [0.25, 0.3) is 16.9 Å². The van der Waals surface area contributed by atoms with Crippen molar-refractivity contribution in [2.75, 3.05) is 24.6 Å². The molecule has 1 amide bonds. The fraction of sp³-hybridized carbons (Fsp3) is 0.154. The van der Waals surface area contributed by atoms with Crippen molar-refractivity contribution in [3.8, 4) is 16.9 Å². The molecule has 1 unspecified atom stereocenters. The maximum Gasteiger partial charge on any atom is 0.250 e. The SMILES string of the molecule is Nc1ccc(CCN2C(=O)COC2c2cn(-c3ccc(F)cc3)nc2-c2ccc(F)cc2)cc1N. The molecule has 0 saturated carbocycles. The third kappa shape index (κ3) is 4.58. The van der Waals surface area contributed by atoms with Gasteiger partial charge in [0.05, 0.1) is 17.1 Å². The maximum atomic E-state index is 13.6. The molecule has 4 aromatic rings. The molecule has 1 saturated heterocycles. The van der Waals surface area contributed by atoms with E-state index < -0.39 is 6.23 Å². The van der Waals surface area contributed by atoms with Crippen LogP contribution in [0.4, 0.5) is 20.2 Å². The van der Waals surface area contributed by atoms with Crippen LogP contribution in [0.2, 0.25) is 0 Å². The third-order valence-corrected chi connectivity index (χ3v) is 5.98. The van der Waals surface area contributed by atoms with Crippen LogP contribution in [0.15, 0.2) is 72.9 Å². The fourth-order valence-electron chi connectivity index (χ4n) is 4.11. The predicted molar refractivity (Wildman–Crippen MR) is 128 cm³/mol. The lowest BCUT2D eigenvalue weighted by Gasteiger charge is -2.23. The minimum absolute atomic E-state index is 0.0703. The Kier molecular flexibility index (Phi) is 5.92. The lowest BCUT2D eigenvalue weighted by atomic mass is 10.1. The van der Waals surface area contributed by atoms with E-state index in [0.717, 1.165) is 5.56 Å². The van der Waals surface area contributed by atoms with Gasteiger partial charge in [-0.3, -0.25) is 4.79 Å². The zero-order valence-corrected chi connectivity index (χ0v) is 18.7. The summed E-state index contributed by atoms with van der Waals surface area (Å²) < 4.78 is 34.5. The molecule has 2 heterocycles. The molecule has 35 heavy (non-hydrogen) atoms. The molecule has 7 nitrogen and oxygen atoms in total. The number of hydrogen-bond acceptors (Lipinski definition) is 5. The molecule has 4 N–H and O–H groups in total. The number of nitrogens with zero attached hydrogens (tertiary/aromatic N) is 3. The van der Waals surface area contributed by atoms with Gasteiger partial charge < -0.3 is 21.1 Å². The van der Waals surface area contributed by atoms with Crippen molar-refractivity contribution in [3.05, 3.63) is 95.7 Å². The predicted octanol–water partition coefficient (Wildman–Crippen LogP) is 4.08. The van der Waals surface area contributed by atoms with E-state index in [0.29, 0.717) is 46.8 Å². The second kappa shape index (κ2) is 9.19. The Bertz CT molecular complexity index is 1370. The summed E-state index contributed by atoms with van der Waals surface area (Å²) in [6.07, 6.45) is 1.61. The summed E-state index contributed by atoms with van der Waals surface area (Å²) in [5.74, 6) is -0.887. The number of halogens is 2. The lowest BCUT2D eigenvalue weighted by Crippen LogP contribution is -2.30. The average molecular weight is 475 g/mol. The van der Waals surface area contributed by atoms with E-state index in [-0.39, 0.29) is 24.1 Å². The van der Waals surface area contributed by atoms with Gasteiger partial charge in [-0.1, -0.05) is 6.07 Å². The molecule has 1 aromatic heterocycles. The van der Waals surface area contributed by atoms with E-state index >= 15 is 0 Å². The van der Waals surface area contributed by atoms with Gasteiger partial charge in [-0.2, -0.15) is 5.10 Å². The van der Waals surface area contributed by atoms with E-state index in [9.17, 15) is 13.6 Å². The van der Waals surface area contributed by atoms with Crippen LogP contribution in [-0.4, -0.2) is 33.7 Å². The first-order chi connectivity index (χ1) is 16.9. The first-order valence-electron chi connectivity index (χ1n) is 11.1. The number of nitrogen functional groups attached to an aromatic ring is 2. The van der Waals surface area contributed by atoms with E-state index in [4.69, 9.17) is 16.2 Å². The summed E-state index contributed by atoms with van der Waals surface area (Å²) in [6.45, 7) is 0.316.